The molecule has 2 N–H and O–H groups in total. The molecule has 1 aliphatic heterocycles. The molecule has 0 radical (unpaired) electrons. The van der Waals surface area contributed by atoms with Gasteiger partial charge in [-0.2, -0.15) is 5.10 Å². The van der Waals surface area contributed by atoms with Gasteiger partial charge >= 0.3 is 6.03 Å². The second kappa shape index (κ2) is 12.3. The van der Waals surface area contributed by atoms with Crippen LogP contribution in [0.2, 0.25) is 5.02 Å². The van der Waals surface area contributed by atoms with Gasteiger partial charge in [-0.15, -0.1) is 0 Å². The molecule has 3 aromatic carbocycles. The van der Waals surface area contributed by atoms with Crippen LogP contribution < -0.4 is 15.4 Å². The van der Waals surface area contributed by atoms with Gasteiger partial charge in [-0.05, 0) is 48.0 Å². The maximum atomic E-state index is 13.2. The van der Waals surface area contributed by atoms with E-state index in [1.807, 2.05) is 18.2 Å². The zero-order chi connectivity index (χ0) is 27.2. The molecule has 0 saturated carbocycles. The average Bonchev–Trinajstić information content (AvgIpc) is 3.28. The number of urea groups is 1. The largest absolute Gasteiger partial charge is 0.491 e. The maximum Gasteiger partial charge on any atom is 0.323 e. The van der Waals surface area contributed by atoms with E-state index in [1.54, 1.807) is 36.1 Å². The van der Waals surface area contributed by atoms with E-state index in [0.29, 0.717) is 53.2 Å². The van der Waals surface area contributed by atoms with E-state index < -0.39 is 6.03 Å². The van der Waals surface area contributed by atoms with E-state index in [0.717, 1.165) is 13.1 Å². The smallest absolute Gasteiger partial charge is 0.323 e. The molecule has 0 bridgehead atoms. The number of rotatable bonds is 8. The molecule has 1 fully saturated rings. The minimum absolute atomic E-state index is 0.0631. The number of hydrogen-bond donors (Lipinski definition) is 2. The zero-order valence-corrected chi connectivity index (χ0v) is 22.2. The summed E-state index contributed by atoms with van der Waals surface area (Å²) >= 11 is 6.49. The van der Waals surface area contributed by atoms with Crippen LogP contribution in [0.5, 0.6) is 5.75 Å². The summed E-state index contributed by atoms with van der Waals surface area (Å²) in [7, 11) is 1.79. The van der Waals surface area contributed by atoms with Crippen molar-refractivity contribution in [3.8, 4) is 17.0 Å². The molecule has 10 heteroatoms. The Morgan fingerprint density at radius 1 is 1.10 bits per heavy atom. The van der Waals surface area contributed by atoms with Crippen LogP contribution in [0.15, 0.2) is 79.0 Å². The highest BCUT2D eigenvalue weighted by molar-refractivity contribution is 6.33. The Bertz CT molecular complexity index is 1390. The molecule has 0 aliphatic carbocycles. The van der Waals surface area contributed by atoms with Crippen molar-refractivity contribution in [1.82, 2.24) is 14.7 Å². The summed E-state index contributed by atoms with van der Waals surface area (Å²) < 4.78 is 27.0. The third-order valence-electron chi connectivity index (χ3n) is 6.50. The van der Waals surface area contributed by atoms with Crippen LogP contribution in [0.3, 0.4) is 0 Å². The molecular weight excluding hydrogens is 521 g/mol. The lowest BCUT2D eigenvalue weighted by molar-refractivity contribution is -0.0273. The maximum absolute atomic E-state index is 13.2. The first kappa shape index (κ1) is 26.7. The SMILES string of the molecule is Cn1ncc(Cl)c1-c1cc(NC(=O)Nc2ccc(F)cc2)ccc1OCC1COCCN1Cc1ccccc1. The Balaban J connectivity index is 1.33. The molecule has 1 unspecified atom stereocenters. The Labute approximate surface area is 231 Å². The van der Waals surface area contributed by atoms with Gasteiger partial charge in [-0.25, -0.2) is 9.18 Å². The average molecular weight is 550 g/mol. The van der Waals surface area contributed by atoms with Gasteiger partial charge in [0.25, 0.3) is 0 Å². The lowest BCUT2D eigenvalue weighted by Gasteiger charge is -2.35. The number of carbonyl (C=O) groups is 1. The fraction of sp³-hybridized carbons (Fsp3) is 0.241. The lowest BCUT2D eigenvalue weighted by atomic mass is 10.1. The molecule has 5 rings (SSSR count). The van der Waals surface area contributed by atoms with Gasteiger partial charge in [0, 0.05) is 37.1 Å². The third kappa shape index (κ3) is 6.75. The van der Waals surface area contributed by atoms with Crippen molar-refractivity contribution in [2.45, 2.75) is 12.6 Å². The van der Waals surface area contributed by atoms with Crippen molar-refractivity contribution in [2.24, 2.45) is 7.05 Å². The molecular formula is C29H29ClFN5O3. The monoisotopic (exact) mass is 549 g/mol. The van der Waals surface area contributed by atoms with Crippen LogP contribution in [0.25, 0.3) is 11.3 Å². The summed E-state index contributed by atoms with van der Waals surface area (Å²) in [6, 6.07) is 20.8. The van der Waals surface area contributed by atoms with Crippen molar-refractivity contribution in [1.29, 1.82) is 0 Å². The molecule has 1 aromatic heterocycles. The molecule has 1 atom stereocenters. The van der Waals surface area contributed by atoms with Gasteiger partial charge in [0.15, 0.2) is 0 Å². The second-order valence-corrected chi connectivity index (χ2v) is 9.66. The number of benzene rings is 3. The van der Waals surface area contributed by atoms with Gasteiger partial charge in [-0.3, -0.25) is 9.58 Å². The van der Waals surface area contributed by atoms with Crippen molar-refractivity contribution in [2.75, 3.05) is 37.0 Å². The first-order valence-corrected chi connectivity index (χ1v) is 13.0. The Morgan fingerprint density at radius 2 is 1.85 bits per heavy atom. The predicted molar refractivity (Wildman–Crippen MR) is 150 cm³/mol. The highest BCUT2D eigenvalue weighted by Crippen LogP contribution is 2.37. The standard InChI is InChI=1S/C29H29ClFN5O3/c1-35-28(26(30)16-32-35)25-15-23(34-29(37)33-22-9-7-21(31)8-10-22)11-12-27(25)39-19-24-18-38-14-13-36(24)17-20-5-3-2-4-6-20/h2-12,15-16,24H,13-14,17-19H2,1H3,(H2,33,34,37). The Kier molecular flexibility index (Phi) is 8.41. The Morgan fingerprint density at radius 3 is 2.59 bits per heavy atom. The quantitative estimate of drug-likeness (QED) is 0.290. The summed E-state index contributed by atoms with van der Waals surface area (Å²) in [6.07, 6.45) is 1.57. The number of nitrogens with one attached hydrogen (secondary N) is 2. The summed E-state index contributed by atoms with van der Waals surface area (Å²) in [5.41, 5.74) is 3.58. The minimum Gasteiger partial charge on any atom is -0.491 e. The Hall–Kier alpha value is -3.92. The molecule has 0 spiro atoms. The summed E-state index contributed by atoms with van der Waals surface area (Å²) in [5, 5.41) is 10.2. The predicted octanol–water partition coefficient (Wildman–Crippen LogP) is 5.80. The second-order valence-electron chi connectivity index (χ2n) is 9.26. The van der Waals surface area contributed by atoms with Crippen LogP contribution in [-0.4, -0.2) is 53.1 Å². The van der Waals surface area contributed by atoms with Gasteiger partial charge < -0.3 is 20.1 Å². The molecule has 2 amide bonds. The number of aromatic nitrogens is 2. The number of hydrogen-bond acceptors (Lipinski definition) is 5. The van der Waals surface area contributed by atoms with Crippen LogP contribution in [0.4, 0.5) is 20.6 Å². The van der Waals surface area contributed by atoms with Crippen molar-refractivity contribution < 1.29 is 18.7 Å². The molecule has 202 valence electrons. The van der Waals surface area contributed by atoms with Crippen LogP contribution >= 0.6 is 11.6 Å². The van der Waals surface area contributed by atoms with E-state index in [9.17, 15) is 9.18 Å². The number of ether oxygens (including phenoxy) is 2. The molecule has 1 aliphatic rings. The van der Waals surface area contributed by atoms with E-state index in [-0.39, 0.29) is 11.9 Å². The number of carbonyl (C=O) groups excluding carboxylic acids is 1. The first-order valence-electron chi connectivity index (χ1n) is 12.6. The van der Waals surface area contributed by atoms with Gasteiger partial charge in [-0.1, -0.05) is 41.9 Å². The summed E-state index contributed by atoms with van der Waals surface area (Å²) in [5.74, 6) is 0.229. The number of aryl methyl sites for hydroxylation is 1. The number of anilines is 2. The van der Waals surface area contributed by atoms with Crippen LogP contribution in [0, 0.1) is 5.82 Å². The molecule has 4 aromatic rings. The highest BCUT2D eigenvalue weighted by atomic mass is 35.5. The van der Waals surface area contributed by atoms with E-state index in [2.05, 4.69) is 32.8 Å². The lowest BCUT2D eigenvalue weighted by Crippen LogP contribution is -2.48. The fourth-order valence-electron chi connectivity index (χ4n) is 4.51. The topological polar surface area (TPSA) is 80.7 Å². The molecule has 8 nitrogen and oxygen atoms in total. The van der Waals surface area contributed by atoms with Crippen LogP contribution in [0.1, 0.15) is 5.56 Å². The number of halogens is 2. The number of morpholine rings is 1. The van der Waals surface area contributed by atoms with Crippen molar-refractivity contribution >= 4 is 29.0 Å². The van der Waals surface area contributed by atoms with Gasteiger partial charge in [0.2, 0.25) is 0 Å². The van der Waals surface area contributed by atoms with Gasteiger partial charge in [0.1, 0.15) is 18.2 Å². The minimum atomic E-state index is -0.465. The fourth-order valence-corrected chi connectivity index (χ4v) is 4.78. The number of nitrogens with zero attached hydrogens (tertiary/aromatic N) is 3. The molecule has 2 heterocycles. The van der Waals surface area contributed by atoms with E-state index >= 15 is 0 Å². The van der Waals surface area contributed by atoms with Crippen LogP contribution in [-0.2, 0) is 18.3 Å². The van der Waals surface area contributed by atoms with E-state index in [1.165, 1.54) is 29.8 Å². The van der Waals surface area contributed by atoms with Crippen molar-refractivity contribution in [3.05, 3.63) is 95.4 Å². The molecule has 39 heavy (non-hydrogen) atoms. The normalized spacial score (nSPS) is 15.6. The summed E-state index contributed by atoms with van der Waals surface area (Å²) in [4.78, 5) is 15.0. The van der Waals surface area contributed by atoms with Crippen molar-refractivity contribution in [3.63, 3.8) is 0 Å². The zero-order valence-electron chi connectivity index (χ0n) is 21.4. The number of amides is 2. The van der Waals surface area contributed by atoms with E-state index in [4.69, 9.17) is 21.1 Å². The highest BCUT2D eigenvalue weighted by Gasteiger charge is 2.25. The first-order chi connectivity index (χ1) is 19.0. The molecule has 1 saturated heterocycles. The summed E-state index contributed by atoms with van der Waals surface area (Å²) in [6.45, 7) is 3.28. The third-order valence-corrected chi connectivity index (χ3v) is 6.77. The van der Waals surface area contributed by atoms with Gasteiger partial charge in [0.05, 0.1) is 36.2 Å².